The first-order chi connectivity index (χ1) is 7.60. The Morgan fingerprint density at radius 3 is 2.62 bits per heavy atom. The molecule has 0 spiro atoms. The summed E-state index contributed by atoms with van der Waals surface area (Å²) in [5, 5.41) is 8.94. The van der Waals surface area contributed by atoms with Crippen molar-refractivity contribution in [3.63, 3.8) is 0 Å². The molecule has 3 nitrogen and oxygen atoms in total. The molecule has 1 N–H and O–H groups in total. The summed E-state index contributed by atoms with van der Waals surface area (Å²) in [6, 6.07) is 9.93. The number of hydrogen-bond acceptors (Lipinski definition) is 2. The lowest BCUT2D eigenvalue weighted by atomic mass is 9.68. The standard InChI is InChI=1S/C13H16O3/c1-13(12(14)15)7-11(8-13)16-9-10-5-3-2-4-6-10/h2-6,11H,7-9H2,1H3,(H,14,15). The maximum atomic E-state index is 10.9. The first kappa shape index (κ1) is 11.1. The average molecular weight is 220 g/mol. The van der Waals surface area contributed by atoms with Gasteiger partial charge in [0.2, 0.25) is 0 Å². The van der Waals surface area contributed by atoms with Gasteiger partial charge in [-0.15, -0.1) is 0 Å². The van der Waals surface area contributed by atoms with Crippen LogP contribution in [0.5, 0.6) is 0 Å². The third kappa shape index (κ3) is 2.25. The van der Waals surface area contributed by atoms with Crippen molar-refractivity contribution in [3.8, 4) is 0 Å². The quantitative estimate of drug-likeness (QED) is 0.847. The van der Waals surface area contributed by atoms with Gasteiger partial charge in [0.1, 0.15) is 0 Å². The summed E-state index contributed by atoms with van der Waals surface area (Å²) in [5.41, 5.74) is 0.563. The topological polar surface area (TPSA) is 46.5 Å². The molecular weight excluding hydrogens is 204 g/mol. The van der Waals surface area contributed by atoms with Crippen LogP contribution >= 0.6 is 0 Å². The zero-order valence-corrected chi connectivity index (χ0v) is 9.35. The molecule has 1 saturated carbocycles. The summed E-state index contributed by atoms with van der Waals surface area (Å²) < 4.78 is 5.65. The van der Waals surface area contributed by atoms with Crippen molar-refractivity contribution in [1.29, 1.82) is 0 Å². The van der Waals surface area contributed by atoms with E-state index < -0.39 is 11.4 Å². The first-order valence-electron chi connectivity index (χ1n) is 5.49. The molecule has 1 aliphatic rings. The van der Waals surface area contributed by atoms with Gasteiger partial charge in [-0.05, 0) is 25.3 Å². The lowest BCUT2D eigenvalue weighted by molar-refractivity contribution is -0.165. The monoisotopic (exact) mass is 220 g/mol. The molecule has 0 amide bonds. The van der Waals surface area contributed by atoms with Crippen molar-refractivity contribution in [2.24, 2.45) is 5.41 Å². The van der Waals surface area contributed by atoms with Crippen LogP contribution in [0.1, 0.15) is 25.3 Å². The van der Waals surface area contributed by atoms with Crippen molar-refractivity contribution >= 4 is 5.97 Å². The Labute approximate surface area is 95.0 Å². The SMILES string of the molecule is CC1(C(=O)O)CC(OCc2ccccc2)C1. The van der Waals surface area contributed by atoms with Crippen molar-refractivity contribution in [3.05, 3.63) is 35.9 Å². The van der Waals surface area contributed by atoms with Crippen molar-refractivity contribution < 1.29 is 14.6 Å². The van der Waals surface area contributed by atoms with E-state index in [9.17, 15) is 4.79 Å². The molecule has 0 bridgehead atoms. The van der Waals surface area contributed by atoms with E-state index in [0.717, 1.165) is 5.56 Å². The predicted molar refractivity (Wildman–Crippen MR) is 60.0 cm³/mol. The van der Waals surface area contributed by atoms with E-state index in [1.165, 1.54) is 0 Å². The third-order valence-corrected chi connectivity index (χ3v) is 3.20. The fraction of sp³-hybridized carbons (Fsp3) is 0.462. The Balaban J connectivity index is 1.77. The fourth-order valence-electron chi connectivity index (χ4n) is 2.03. The van der Waals surface area contributed by atoms with Gasteiger partial charge >= 0.3 is 5.97 Å². The normalized spacial score (nSPS) is 28.4. The molecule has 1 aliphatic carbocycles. The van der Waals surface area contributed by atoms with Gasteiger partial charge in [0.25, 0.3) is 0 Å². The summed E-state index contributed by atoms with van der Waals surface area (Å²) in [6.45, 7) is 2.35. The number of aliphatic carboxylic acids is 1. The molecule has 0 aliphatic heterocycles. The lowest BCUT2D eigenvalue weighted by Crippen LogP contribution is -2.45. The minimum atomic E-state index is -0.716. The van der Waals surface area contributed by atoms with Crippen LogP contribution in [0, 0.1) is 5.41 Å². The van der Waals surface area contributed by atoms with Gasteiger partial charge in [-0.3, -0.25) is 4.79 Å². The summed E-state index contributed by atoms with van der Waals surface area (Å²) >= 11 is 0. The van der Waals surface area contributed by atoms with Crippen molar-refractivity contribution in [1.82, 2.24) is 0 Å². The van der Waals surface area contributed by atoms with E-state index in [-0.39, 0.29) is 6.10 Å². The molecule has 0 radical (unpaired) electrons. The number of ether oxygens (including phenoxy) is 1. The van der Waals surface area contributed by atoms with Crippen LogP contribution in [-0.4, -0.2) is 17.2 Å². The number of benzene rings is 1. The Kier molecular flexibility index (Phi) is 2.97. The highest BCUT2D eigenvalue weighted by Crippen LogP contribution is 2.42. The van der Waals surface area contributed by atoms with Gasteiger partial charge in [0.05, 0.1) is 18.1 Å². The van der Waals surface area contributed by atoms with Crippen molar-refractivity contribution in [2.75, 3.05) is 0 Å². The highest BCUT2D eigenvalue weighted by atomic mass is 16.5. The Morgan fingerprint density at radius 1 is 1.44 bits per heavy atom. The molecule has 0 saturated heterocycles. The van der Waals surface area contributed by atoms with Crippen LogP contribution in [0.4, 0.5) is 0 Å². The first-order valence-corrected chi connectivity index (χ1v) is 5.49. The second-order valence-electron chi connectivity index (χ2n) is 4.69. The number of carboxylic acids is 1. The Bertz CT molecular complexity index is 366. The van der Waals surface area contributed by atoms with Crippen LogP contribution in [0.25, 0.3) is 0 Å². The molecule has 16 heavy (non-hydrogen) atoms. The minimum Gasteiger partial charge on any atom is -0.481 e. The molecule has 1 fully saturated rings. The second kappa shape index (κ2) is 4.26. The highest BCUT2D eigenvalue weighted by molar-refractivity contribution is 5.75. The summed E-state index contributed by atoms with van der Waals surface area (Å²) in [7, 11) is 0. The lowest BCUT2D eigenvalue weighted by Gasteiger charge is -2.41. The highest BCUT2D eigenvalue weighted by Gasteiger charge is 2.47. The van der Waals surface area contributed by atoms with Gasteiger partial charge < -0.3 is 9.84 Å². The second-order valence-corrected chi connectivity index (χ2v) is 4.69. The maximum Gasteiger partial charge on any atom is 0.309 e. The zero-order valence-electron chi connectivity index (χ0n) is 9.35. The van der Waals surface area contributed by atoms with E-state index >= 15 is 0 Å². The molecule has 0 unspecified atom stereocenters. The number of carboxylic acid groups (broad SMARTS) is 1. The number of rotatable bonds is 4. The number of hydrogen-bond donors (Lipinski definition) is 1. The molecule has 1 aromatic carbocycles. The Hall–Kier alpha value is -1.35. The van der Waals surface area contributed by atoms with E-state index in [0.29, 0.717) is 19.4 Å². The van der Waals surface area contributed by atoms with E-state index in [2.05, 4.69) is 0 Å². The van der Waals surface area contributed by atoms with Crippen LogP contribution in [-0.2, 0) is 16.1 Å². The Morgan fingerprint density at radius 2 is 2.06 bits per heavy atom. The fourth-order valence-corrected chi connectivity index (χ4v) is 2.03. The van der Waals surface area contributed by atoms with Gasteiger partial charge in [0, 0.05) is 0 Å². The van der Waals surface area contributed by atoms with Crippen molar-refractivity contribution in [2.45, 2.75) is 32.5 Å². The largest absolute Gasteiger partial charge is 0.481 e. The molecule has 2 rings (SSSR count). The van der Waals surface area contributed by atoms with E-state index in [1.54, 1.807) is 6.92 Å². The van der Waals surface area contributed by atoms with Gasteiger partial charge in [-0.2, -0.15) is 0 Å². The maximum absolute atomic E-state index is 10.9. The zero-order chi connectivity index (χ0) is 11.6. The smallest absolute Gasteiger partial charge is 0.309 e. The van der Waals surface area contributed by atoms with Crippen LogP contribution in [0.2, 0.25) is 0 Å². The molecule has 0 heterocycles. The van der Waals surface area contributed by atoms with Crippen LogP contribution < -0.4 is 0 Å². The van der Waals surface area contributed by atoms with Gasteiger partial charge in [0.15, 0.2) is 0 Å². The average Bonchev–Trinajstić information content (AvgIpc) is 2.24. The molecule has 86 valence electrons. The minimum absolute atomic E-state index is 0.0984. The number of carbonyl (C=O) groups is 1. The summed E-state index contributed by atoms with van der Waals surface area (Å²) in [5.74, 6) is -0.716. The van der Waals surface area contributed by atoms with E-state index in [4.69, 9.17) is 9.84 Å². The third-order valence-electron chi connectivity index (χ3n) is 3.20. The predicted octanol–water partition coefficient (Wildman–Crippen LogP) is 2.46. The molecule has 0 aromatic heterocycles. The summed E-state index contributed by atoms with van der Waals surface area (Å²) in [6.07, 6.45) is 1.34. The molecule has 0 atom stereocenters. The van der Waals surface area contributed by atoms with Gasteiger partial charge in [-0.25, -0.2) is 0 Å². The van der Waals surface area contributed by atoms with Crippen LogP contribution in [0.15, 0.2) is 30.3 Å². The molecule has 1 aromatic rings. The van der Waals surface area contributed by atoms with E-state index in [1.807, 2.05) is 30.3 Å². The van der Waals surface area contributed by atoms with Crippen LogP contribution in [0.3, 0.4) is 0 Å². The summed E-state index contributed by atoms with van der Waals surface area (Å²) in [4.78, 5) is 10.9. The molecular formula is C13H16O3. The molecule has 3 heteroatoms. The van der Waals surface area contributed by atoms with Gasteiger partial charge in [-0.1, -0.05) is 30.3 Å².